The fourth-order valence-corrected chi connectivity index (χ4v) is 3.59. The van der Waals surface area contributed by atoms with Gasteiger partial charge in [-0.3, -0.25) is 30.7 Å². The van der Waals surface area contributed by atoms with Gasteiger partial charge >= 0.3 is 5.69 Å². The number of hydrogen-bond donors (Lipinski definition) is 3. The Morgan fingerprint density at radius 3 is 2.69 bits per heavy atom. The van der Waals surface area contributed by atoms with Crippen molar-refractivity contribution in [1.82, 2.24) is 20.4 Å². The molecule has 2 aromatic heterocycles. The molecule has 3 N–H and O–H groups in total. The molecule has 178 valence electrons. The van der Waals surface area contributed by atoms with Crippen LogP contribution in [-0.4, -0.2) is 32.4 Å². The first-order valence-electron chi connectivity index (χ1n) is 10.1. The van der Waals surface area contributed by atoms with Crippen molar-refractivity contribution in [3.8, 4) is 5.75 Å². The van der Waals surface area contributed by atoms with Crippen molar-refractivity contribution in [3.63, 3.8) is 0 Å². The quantitative estimate of drug-likeness (QED) is 0.223. The number of nitrogens with one attached hydrogen (secondary N) is 3. The number of amides is 1. The number of anilines is 3. The highest BCUT2D eigenvalue weighted by Gasteiger charge is 2.24. The third-order valence-electron chi connectivity index (χ3n) is 4.70. The van der Waals surface area contributed by atoms with E-state index in [1.54, 1.807) is 18.2 Å². The predicted octanol–water partition coefficient (Wildman–Crippen LogP) is 4.81. The van der Waals surface area contributed by atoms with Crippen LogP contribution in [0, 0.1) is 17.0 Å². The van der Waals surface area contributed by atoms with E-state index in [1.807, 2.05) is 25.1 Å². The molecule has 0 unspecified atom stereocenters. The van der Waals surface area contributed by atoms with Crippen molar-refractivity contribution in [2.45, 2.75) is 6.92 Å². The summed E-state index contributed by atoms with van der Waals surface area (Å²) in [5.74, 6) is -0.668. The molecule has 4 aromatic rings. The second kappa shape index (κ2) is 10.4. The van der Waals surface area contributed by atoms with E-state index < -0.39 is 23.1 Å². The lowest BCUT2D eigenvalue weighted by molar-refractivity contribution is -0.383. The Labute approximate surface area is 208 Å². The van der Waals surface area contributed by atoms with Gasteiger partial charge in [0.05, 0.1) is 15.5 Å². The molecule has 0 saturated heterocycles. The van der Waals surface area contributed by atoms with Crippen molar-refractivity contribution >= 4 is 63.0 Å². The van der Waals surface area contributed by atoms with Crippen LogP contribution in [0.3, 0.4) is 0 Å². The fourth-order valence-electron chi connectivity index (χ4n) is 3.13. The van der Waals surface area contributed by atoms with Crippen LogP contribution in [-0.2, 0) is 4.79 Å². The molecule has 2 aromatic carbocycles. The molecule has 35 heavy (non-hydrogen) atoms. The Hall–Kier alpha value is -4.22. The Morgan fingerprint density at radius 2 is 1.91 bits per heavy atom. The average molecular weight is 514 g/mol. The van der Waals surface area contributed by atoms with Crippen LogP contribution in [0.4, 0.5) is 23.0 Å². The van der Waals surface area contributed by atoms with Gasteiger partial charge < -0.3 is 10.1 Å². The summed E-state index contributed by atoms with van der Waals surface area (Å²) in [5, 5.41) is 16.2. The van der Waals surface area contributed by atoms with Crippen LogP contribution in [0.5, 0.6) is 5.75 Å². The highest BCUT2D eigenvalue weighted by atomic mass is 35.5. The number of pyridine rings is 1. The average Bonchev–Trinajstić information content (AvgIpc) is 2.82. The van der Waals surface area contributed by atoms with Crippen molar-refractivity contribution in [2.75, 3.05) is 17.3 Å². The molecule has 0 fully saturated rings. The lowest BCUT2D eigenvalue weighted by Crippen LogP contribution is -2.34. The van der Waals surface area contributed by atoms with Gasteiger partial charge in [0, 0.05) is 21.8 Å². The van der Waals surface area contributed by atoms with Gasteiger partial charge in [-0.1, -0.05) is 29.3 Å². The minimum Gasteiger partial charge on any atom is -0.482 e. The number of hydrogen-bond acceptors (Lipinski definition) is 9. The molecule has 0 atom stereocenters. The maximum absolute atomic E-state index is 12.2. The van der Waals surface area contributed by atoms with Gasteiger partial charge in [0.15, 0.2) is 6.61 Å². The lowest BCUT2D eigenvalue weighted by Gasteiger charge is -2.13. The summed E-state index contributed by atoms with van der Waals surface area (Å²) in [6, 6.07) is 13.6. The van der Waals surface area contributed by atoms with Crippen molar-refractivity contribution < 1.29 is 14.5 Å². The number of rotatable bonds is 8. The summed E-state index contributed by atoms with van der Waals surface area (Å²) in [7, 11) is 0. The zero-order valence-electron chi connectivity index (χ0n) is 18.1. The second-order valence-corrected chi connectivity index (χ2v) is 8.01. The molecule has 13 heteroatoms. The molecule has 0 aliphatic carbocycles. The number of aryl methyl sites for hydroxylation is 1. The van der Waals surface area contributed by atoms with Crippen LogP contribution in [0.15, 0.2) is 54.9 Å². The van der Waals surface area contributed by atoms with Crippen molar-refractivity contribution in [1.29, 1.82) is 0 Å². The maximum atomic E-state index is 12.2. The molecule has 0 saturated carbocycles. The van der Waals surface area contributed by atoms with Gasteiger partial charge in [0.25, 0.3) is 5.91 Å². The van der Waals surface area contributed by atoms with E-state index in [9.17, 15) is 14.9 Å². The van der Waals surface area contributed by atoms with E-state index in [-0.39, 0.29) is 22.4 Å². The molecule has 0 aliphatic heterocycles. The smallest absolute Gasteiger partial charge is 0.355 e. The van der Waals surface area contributed by atoms with Crippen molar-refractivity contribution in [2.24, 2.45) is 0 Å². The Morgan fingerprint density at radius 1 is 1.11 bits per heavy atom. The molecular formula is C22H17Cl2N7O4. The van der Waals surface area contributed by atoms with Gasteiger partial charge in [-0.2, -0.15) is 0 Å². The number of ether oxygens (including phenoxy) is 1. The molecule has 4 rings (SSSR count). The van der Waals surface area contributed by atoms with Crippen LogP contribution < -0.4 is 20.9 Å². The topological polar surface area (TPSA) is 144 Å². The maximum Gasteiger partial charge on any atom is 0.355 e. The molecule has 11 nitrogen and oxygen atoms in total. The number of nitrogens with zero attached hydrogens (tertiary/aromatic N) is 4. The van der Waals surface area contributed by atoms with E-state index in [4.69, 9.17) is 27.9 Å². The molecule has 0 bridgehead atoms. The minimum absolute atomic E-state index is 0.0704. The van der Waals surface area contributed by atoms with Gasteiger partial charge in [0.2, 0.25) is 11.6 Å². The SMILES string of the molecule is Cc1ccc2c(Nc3ncnc(NNC(=O)COc4ccc(Cl)cc4Cl)c3[N+](=O)[O-])cccc2n1. The summed E-state index contributed by atoms with van der Waals surface area (Å²) in [5.41, 5.74) is 6.42. The Bertz CT molecular complexity index is 1430. The lowest BCUT2D eigenvalue weighted by atomic mass is 10.1. The van der Waals surface area contributed by atoms with Crippen LogP contribution >= 0.6 is 23.2 Å². The number of carbonyl (C=O) groups excluding carboxylic acids is 1. The predicted molar refractivity (Wildman–Crippen MR) is 132 cm³/mol. The zero-order valence-corrected chi connectivity index (χ0v) is 19.6. The summed E-state index contributed by atoms with van der Waals surface area (Å²) >= 11 is 11.8. The van der Waals surface area contributed by atoms with Crippen LogP contribution in [0.2, 0.25) is 10.0 Å². The van der Waals surface area contributed by atoms with E-state index in [2.05, 4.69) is 31.1 Å². The number of benzene rings is 2. The summed E-state index contributed by atoms with van der Waals surface area (Å²) in [6.07, 6.45) is 1.13. The first-order chi connectivity index (χ1) is 16.8. The summed E-state index contributed by atoms with van der Waals surface area (Å²) in [6.45, 7) is 1.46. The third kappa shape index (κ3) is 5.65. The van der Waals surface area contributed by atoms with E-state index >= 15 is 0 Å². The van der Waals surface area contributed by atoms with Gasteiger partial charge in [-0.25, -0.2) is 9.97 Å². The van der Waals surface area contributed by atoms with Crippen molar-refractivity contribution in [3.05, 3.63) is 80.7 Å². The highest BCUT2D eigenvalue weighted by Crippen LogP contribution is 2.33. The van der Waals surface area contributed by atoms with E-state index in [0.717, 1.165) is 22.9 Å². The third-order valence-corrected chi connectivity index (χ3v) is 5.23. The number of nitro groups is 1. The molecule has 0 radical (unpaired) electrons. The Balaban J connectivity index is 1.50. The van der Waals surface area contributed by atoms with Gasteiger partial charge in [0.1, 0.15) is 12.1 Å². The van der Waals surface area contributed by atoms with Crippen LogP contribution in [0.1, 0.15) is 5.69 Å². The van der Waals surface area contributed by atoms with E-state index in [1.165, 1.54) is 12.1 Å². The number of halogens is 2. The molecule has 1 amide bonds. The summed E-state index contributed by atoms with van der Waals surface area (Å²) < 4.78 is 5.34. The number of hydrazine groups is 1. The van der Waals surface area contributed by atoms with Gasteiger partial charge in [-0.05, 0) is 49.4 Å². The first kappa shape index (κ1) is 23.9. The molecule has 0 aliphatic rings. The standard InChI is InChI=1S/C22H17Cl2N7O4/c1-12-5-7-14-16(27-12)3-2-4-17(14)28-21-20(31(33)34)22(26-11-25-21)30-29-19(32)10-35-18-8-6-13(23)9-15(18)24/h2-9,11H,10H2,1H3,(H,29,32)(H2,25,26,28,30). The molecule has 0 spiro atoms. The normalized spacial score (nSPS) is 10.6. The number of carbonyl (C=O) groups is 1. The molecular weight excluding hydrogens is 497 g/mol. The number of aromatic nitrogens is 3. The largest absolute Gasteiger partial charge is 0.482 e. The monoisotopic (exact) mass is 513 g/mol. The minimum atomic E-state index is -0.658. The summed E-state index contributed by atoms with van der Waals surface area (Å²) in [4.78, 5) is 35.7. The zero-order chi connectivity index (χ0) is 24.9. The van der Waals surface area contributed by atoms with Gasteiger partial charge in [-0.15, -0.1) is 0 Å². The highest BCUT2D eigenvalue weighted by molar-refractivity contribution is 6.35. The fraction of sp³-hybridized carbons (Fsp3) is 0.0909. The second-order valence-electron chi connectivity index (χ2n) is 7.16. The van der Waals surface area contributed by atoms with Crippen LogP contribution in [0.25, 0.3) is 10.9 Å². The Kier molecular flexibility index (Phi) is 7.09. The van der Waals surface area contributed by atoms with E-state index in [0.29, 0.717) is 10.7 Å². The number of fused-ring (bicyclic) bond motifs is 1. The first-order valence-corrected chi connectivity index (χ1v) is 10.8. The molecule has 2 heterocycles.